The average Bonchev–Trinajstić information content (AvgIpc) is 2.89. The fourth-order valence-corrected chi connectivity index (χ4v) is 4.28. The van der Waals surface area contributed by atoms with Gasteiger partial charge in [-0.05, 0) is 37.8 Å². The molecule has 0 unspecified atom stereocenters. The van der Waals surface area contributed by atoms with E-state index in [-0.39, 0.29) is 11.8 Å². The normalized spacial score (nSPS) is 16.6. The van der Waals surface area contributed by atoms with Crippen LogP contribution in [0.15, 0.2) is 30.6 Å². The summed E-state index contributed by atoms with van der Waals surface area (Å²) in [5.41, 5.74) is 0.981. The van der Waals surface area contributed by atoms with Crippen molar-refractivity contribution in [1.82, 2.24) is 15.3 Å². The molecule has 0 bridgehead atoms. The summed E-state index contributed by atoms with van der Waals surface area (Å²) in [4.78, 5) is 33.8. The Morgan fingerprint density at radius 1 is 1.18 bits per heavy atom. The minimum absolute atomic E-state index is 0.0805. The van der Waals surface area contributed by atoms with Crippen molar-refractivity contribution < 1.29 is 14.3 Å². The average molecular weight is 484 g/mol. The van der Waals surface area contributed by atoms with E-state index >= 15 is 0 Å². The van der Waals surface area contributed by atoms with Crippen LogP contribution in [0.3, 0.4) is 0 Å². The molecule has 2 heterocycles. The van der Waals surface area contributed by atoms with Crippen LogP contribution in [0.1, 0.15) is 60.9 Å². The summed E-state index contributed by atoms with van der Waals surface area (Å²) in [6, 6.07) is 7.19. The van der Waals surface area contributed by atoms with Crippen LogP contribution in [-0.4, -0.2) is 48.4 Å². The largest absolute Gasteiger partial charge is 0.497 e. The van der Waals surface area contributed by atoms with Gasteiger partial charge in [-0.3, -0.25) is 4.79 Å². The van der Waals surface area contributed by atoms with E-state index in [2.05, 4.69) is 20.2 Å². The van der Waals surface area contributed by atoms with Gasteiger partial charge in [0.25, 0.3) is 5.91 Å². The molecular formula is C25H30ClN5O3. The molecule has 8 nitrogen and oxygen atoms in total. The second-order valence-electron chi connectivity index (χ2n) is 8.50. The number of rotatable bonds is 5. The number of carbonyl (C=O) groups excluding carboxylic acids is 2. The summed E-state index contributed by atoms with van der Waals surface area (Å²) in [5, 5.41) is 12.0. The van der Waals surface area contributed by atoms with Gasteiger partial charge in [-0.25, -0.2) is 9.97 Å². The number of halogens is 1. The van der Waals surface area contributed by atoms with Crippen LogP contribution in [0.4, 0.5) is 5.95 Å². The van der Waals surface area contributed by atoms with Crippen LogP contribution in [0.25, 0.3) is 0 Å². The Kier molecular flexibility index (Phi) is 9.65. The number of nitrogens with one attached hydrogen (secondary N) is 1. The van der Waals surface area contributed by atoms with Crippen LogP contribution < -0.4 is 15.0 Å². The van der Waals surface area contributed by atoms with Gasteiger partial charge < -0.3 is 19.7 Å². The van der Waals surface area contributed by atoms with Crippen molar-refractivity contribution in [3.05, 3.63) is 46.7 Å². The zero-order chi connectivity index (χ0) is 24.3. The van der Waals surface area contributed by atoms with E-state index in [1.807, 2.05) is 6.07 Å². The summed E-state index contributed by atoms with van der Waals surface area (Å²) in [6.07, 6.45) is 11.7. The summed E-state index contributed by atoms with van der Waals surface area (Å²) in [5.74, 6) is 1.38. The molecule has 34 heavy (non-hydrogen) atoms. The van der Waals surface area contributed by atoms with Gasteiger partial charge in [0.1, 0.15) is 18.1 Å². The number of hydrogen-bond acceptors (Lipinski definition) is 7. The lowest BCUT2D eigenvalue weighted by Gasteiger charge is -2.29. The molecule has 1 aliphatic heterocycles. The Bertz CT molecular complexity index is 995. The van der Waals surface area contributed by atoms with E-state index in [4.69, 9.17) is 21.6 Å². The van der Waals surface area contributed by atoms with Gasteiger partial charge in [0.2, 0.25) is 5.95 Å². The Balaban J connectivity index is 0.000000248. The molecule has 1 saturated carbocycles. The number of hydrogen-bond donors (Lipinski definition) is 1. The maximum Gasteiger partial charge on any atom is 0.254 e. The number of amides is 1. The fraction of sp³-hybridized carbons (Fsp3) is 0.480. The molecule has 4 rings (SSSR count). The van der Waals surface area contributed by atoms with Crippen molar-refractivity contribution in [3.8, 4) is 11.8 Å². The first-order chi connectivity index (χ1) is 16.5. The lowest BCUT2D eigenvalue weighted by Crippen LogP contribution is -2.37. The highest BCUT2D eigenvalue weighted by atomic mass is 35.5. The monoisotopic (exact) mass is 483 g/mol. The zero-order valence-electron chi connectivity index (χ0n) is 19.4. The van der Waals surface area contributed by atoms with E-state index in [9.17, 15) is 9.59 Å². The minimum atomic E-state index is -0.0805. The van der Waals surface area contributed by atoms with Gasteiger partial charge in [0, 0.05) is 43.5 Å². The first-order valence-corrected chi connectivity index (χ1v) is 12.0. The van der Waals surface area contributed by atoms with Gasteiger partial charge in [-0.1, -0.05) is 30.9 Å². The number of benzene rings is 1. The van der Waals surface area contributed by atoms with Crippen molar-refractivity contribution in [2.45, 2.75) is 51.0 Å². The first kappa shape index (κ1) is 25.4. The van der Waals surface area contributed by atoms with E-state index in [1.54, 1.807) is 37.7 Å². The van der Waals surface area contributed by atoms with Crippen molar-refractivity contribution in [2.24, 2.45) is 5.92 Å². The Morgan fingerprint density at radius 2 is 1.85 bits per heavy atom. The molecule has 0 atom stereocenters. The third kappa shape index (κ3) is 7.16. The van der Waals surface area contributed by atoms with Gasteiger partial charge in [-0.2, -0.15) is 5.26 Å². The number of piperidine rings is 1. The first-order valence-electron chi connectivity index (χ1n) is 11.6. The van der Waals surface area contributed by atoms with Gasteiger partial charge in [-0.15, -0.1) is 0 Å². The summed E-state index contributed by atoms with van der Waals surface area (Å²) >= 11 is 5.71. The number of nitriles is 1. The summed E-state index contributed by atoms with van der Waals surface area (Å²) in [6.45, 7) is 1.58. The number of aromatic nitrogens is 2. The molecule has 2 fully saturated rings. The Morgan fingerprint density at radius 3 is 2.41 bits per heavy atom. The predicted octanol–water partition coefficient (Wildman–Crippen LogP) is 4.17. The highest BCUT2D eigenvalue weighted by molar-refractivity contribution is 6.31. The van der Waals surface area contributed by atoms with Gasteiger partial charge >= 0.3 is 0 Å². The molecule has 1 saturated heterocycles. The number of ether oxygens (including phenoxy) is 1. The quantitative estimate of drug-likeness (QED) is 0.635. The number of anilines is 1. The second-order valence-corrected chi connectivity index (χ2v) is 8.91. The zero-order valence-corrected chi connectivity index (χ0v) is 20.1. The van der Waals surface area contributed by atoms with Gasteiger partial charge in [0.15, 0.2) is 0 Å². The van der Waals surface area contributed by atoms with Crippen LogP contribution in [0.5, 0.6) is 5.75 Å². The van der Waals surface area contributed by atoms with Crippen LogP contribution in [-0.2, 0) is 4.79 Å². The Labute approximate surface area is 205 Å². The van der Waals surface area contributed by atoms with Crippen LogP contribution in [0, 0.1) is 17.2 Å². The molecule has 2 aromatic rings. The van der Waals surface area contributed by atoms with Crippen molar-refractivity contribution in [1.29, 1.82) is 5.26 Å². The topological polar surface area (TPSA) is 108 Å². The second kappa shape index (κ2) is 12.9. The molecule has 1 aromatic carbocycles. The summed E-state index contributed by atoms with van der Waals surface area (Å²) in [7, 11) is 1.55. The molecule has 1 aliphatic carbocycles. The molecule has 1 amide bonds. The lowest BCUT2D eigenvalue weighted by atomic mass is 9.95. The third-order valence-electron chi connectivity index (χ3n) is 6.15. The molecule has 1 aromatic heterocycles. The van der Waals surface area contributed by atoms with Crippen molar-refractivity contribution in [2.75, 3.05) is 25.1 Å². The summed E-state index contributed by atoms with van der Waals surface area (Å²) < 4.78 is 4.90. The maximum absolute atomic E-state index is 12.2. The number of methoxy groups -OCH3 is 1. The maximum atomic E-state index is 12.2. The lowest BCUT2D eigenvalue weighted by molar-refractivity contribution is -0.111. The molecule has 2 aliphatic rings. The molecule has 0 radical (unpaired) electrons. The molecular weight excluding hydrogens is 454 g/mol. The van der Waals surface area contributed by atoms with Crippen molar-refractivity contribution >= 4 is 29.7 Å². The van der Waals surface area contributed by atoms with E-state index in [0.717, 1.165) is 45.1 Å². The number of nitrogens with zero attached hydrogens (tertiary/aromatic N) is 4. The van der Waals surface area contributed by atoms with Gasteiger partial charge in [0.05, 0.1) is 23.3 Å². The van der Waals surface area contributed by atoms with E-state index in [1.165, 1.54) is 19.3 Å². The molecule has 180 valence electrons. The van der Waals surface area contributed by atoms with E-state index in [0.29, 0.717) is 33.9 Å². The molecule has 0 spiro atoms. The van der Waals surface area contributed by atoms with E-state index < -0.39 is 0 Å². The SMILES string of the molecule is COc1ccc(C#N)c(Cl)c1.O=CC1CCN(c2ncc(C(=O)NC3CCCCC3)cn2)CC1. The predicted molar refractivity (Wildman–Crippen MR) is 130 cm³/mol. The Hall–Kier alpha value is -3.18. The van der Waals surface area contributed by atoms with Crippen LogP contribution in [0.2, 0.25) is 5.02 Å². The molecule has 1 N–H and O–H groups in total. The smallest absolute Gasteiger partial charge is 0.254 e. The standard InChI is InChI=1S/C17H24N4O2.C8H6ClNO/c22-12-13-6-8-21(9-7-13)17-18-10-14(11-19-17)16(23)20-15-4-2-1-3-5-15;1-11-7-3-2-6(5-10)8(9)4-7/h10-13,15H,1-9H2,(H,20,23);2-4H,1H3. The highest BCUT2D eigenvalue weighted by Gasteiger charge is 2.21. The number of aldehydes is 1. The van der Waals surface area contributed by atoms with Crippen LogP contribution >= 0.6 is 11.6 Å². The minimum Gasteiger partial charge on any atom is -0.497 e. The molecule has 9 heteroatoms. The van der Waals surface area contributed by atoms with Crippen molar-refractivity contribution in [3.63, 3.8) is 0 Å². The number of carbonyl (C=O) groups is 2. The third-order valence-corrected chi connectivity index (χ3v) is 6.47. The highest BCUT2D eigenvalue weighted by Crippen LogP contribution is 2.21. The fourth-order valence-electron chi connectivity index (χ4n) is 4.07.